The molecule has 3 aromatic carbocycles. The predicted molar refractivity (Wildman–Crippen MR) is 135 cm³/mol. The van der Waals surface area contributed by atoms with Crippen molar-refractivity contribution in [1.29, 1.82) is 0 Å². The largest absolute Gasteiger partial charge is 0.497 e. The molecule has 1 heterocycles. The minimum Gasteiger partial charge on any atom is -0.497 e. The summed E-state index contributed by atoms with van der Waals surface area (Å²) in [7, 11) is 4.80. The van der Waals surface area contributed by atoms with Crippen molar-refractivity contribution in [3.05, 3.63) is 77.9 Å². The zero-order chi connectivity index (χ0) is 24.1. The Morgan fingerprint density at radius 3 is 2.26 bits per heavy atom. The van der Waals surface area contributed by atoms with Gasteiger partial charge in [-0.2, -0.15) is 0 Å². The van der Waals surface area contributed by atoms with Crippen molar-refractivity contribution < 1.29 is 19.0 Å². The summed E-state index contributed by atoms with van der Waals surface area (Å²) < 4.78 is 15.8. The van der Waals surface area contributed by atoms with Gasteiger partial charge >= 0.3 is 0 Å². The number of methoxy groups -OCH3 is 3. The van der Waals surface area contributed by atoms with Crippen LogP contribution in [-0.4, -0.2) is 32.2 Å². The Morgan fingerprint density at radius 1 is 0.824 bits per heavy atom. The van der Waals surface area contributed by atoms with Crippen LogP contribution in [0, 0.1) is 6.92 Å². The molecule has 2 N–H and O–H groups in total. The van der Waals surface area contributed by atoms with Crippen molar-refractivity contribution >= 4 is 34.0 Å². The molecule has 0 aliphatic heterocycles. The van der Waals surface area contributed by atoms with Crippen molar-refractivity contribution in [2.45, 2.75) is 13.3 Å². The molecule has 0 unspecified atom stereocenters. The fraction of sp³-hybridized carbons (Fsp3) is 0.185. The van der Waals surface area contributed by atoms with E-state index in [1.165, 1.54) is 0 Å². The second-order valence-corrected chi connectivity index (χ2v) is 7.82. The van der Waals surface area contributed by atoms with Crippen LogP contribution in [0.25, 0.3) is 10.9 Å². The summed E-state index contributed by atoms with van der Waals surface area (Å²) in [5.41, 5.74) is 4.37. The highest BCUT2D eigenvalue weighted by atomic mass is 16.5. The van der Waals surface area contributed by atoms with E-state index in [0.29, 0.717) is 11.5 Å². The van der Waals surface area contributed by atoms with Gasteiger partial charge in [0.25, 0.3) is 0 Å². The molecule has 0 saturated heterocycles. The number of hydrogen-bond donors (Lipinski definition) is 2. The van der Waals surface area contributed by atoms with Gasteiger partial charge < -0.3 is 24.8 Å². The van der Waals surface area contributed by atoms with Gasteiger partial charge in [-0.1, -0.05) is 6.07 Å². The Hall–Kier alpha value is -4.26. The first-order valence-corrected chi connectivity index (χ1v) is 10.8. The molecule has 4 rings (SSSR count). The number of fused-ring (bicyclic) bond motifs is 1. The lowest BCUT2D eigenvalue weighted by molar-refractivity contribution is -0.115. The molecule has 0 aliphatic rings. The summed E-state index contributed by atoms with van der Waals surface area (Å²) in [4.78, 5) is 17.4. The summed E-state index contributed by atoms with van der Waals surface area (Å²) in [6.07, 6.45) is 0.223. The molecule has 7 heteroatoms. The van der Waals surface area contributed by atoms with Crippen LogP contribution in [-0.2, 0) is 11.2 Å². The van der Waals surface area contributed by atoms with E-state index in [4.69, 9.17) is 19.2 Å². The maximum atomic E-state index is 12.6. The Morgan fingerprint density at radius 2 is 1.56 bits per heavy atom. The molecule has 1 aromatic heterocycles. The van der Waals surface area contributed by atoms with Crippen LogP contribution in [0.3, 0.4) is 0 Å². The lowest BCUT2D eigenvalue weighted by Gasteiger charge is -2.12. The average Bonchev–Trinajstić information content (AvgIpc) is 2.84. The van der Waals surface area contributed by atoms with Gasteiger partial charge in [0.15, 0.2) is 11.5 Å². The topological polar surface area (TPSA) is 81.7 Å². The van der Waals surface area contributed by atoms with Crippen LogP contribution in [0.5, 0.6) is 17.2 Å². The molecule has 4 aromatic rings. The lowest BCUT2D eigenvalue weighted by atomic mass is 10.1. The molecule has 0 fully saturated rings. The first-order valence-electron chi connectivity index (χ1n) is 10.8. The fourth-order valence-electron chi connectivity index (χ4n) is 3.74. The maximum absolute atomic E-state index is 12.6. The van der Waals surface area contributed by atoms with E-state index in [-0.39, 0.29) is 12.3 Å². The third-order valence-corrected chi connectivity index (χ3v) is 5.47. The summed E-state index contributed by atoms with van der Waals surface area (Å²) >= 11 is 0. The van der Waals surface area contributed by atoms with E-state index < -0.39 is 0 Å². The number of anilines is 3. The molecule has 0 atom stereocenters. The van der Waals surface area contributed by atoms with Gasteiger partial charge in [-0.25, -0.2) is 4.98 Å². The van der Waals surface area contributed by atoms with Crippen molar-refractivity contribution in [1.82, 2.24) is 4.98 Å². The standard InChI is InChI=1S/C27H27N3O4/c1-17-13-26(28-19-6-9-21(32-2)10-7-19)30-23-11-8-20(16-22(17)23)29-27(31)15-18-5-12-24(33-3)25(14-18)34-4/h5-14,16H,15H2,1-4H3,(H,28,30)(H,29,31). The molecule has 0 spiro atoms. The minimum atomic E-state index is -0.116. The van der Waals surface area contributed by atoms with E-state index in [0.717, 1.165) is 45.0 Å². The van der Waals surface area contributed by atoms with Crippen LogP contribution in [0.15, 0.2) is 66.7 Å². The monoisotopic (exact) mass is 457 g/mol. The zero-order valence-electron chi connectivity index (χ0n) is 19.6. The average molecular weight is 458 g/mol. The summed E-state index contributed by atoms with van der Waals surface area (Å²) in [5.74, 6) is 2.66. The van der Waals surface area contributed by atoms with Crippen molar-refractivity contribution in [2.75, 3.05) is 32.0 Å². The van der Waals surface area contributed by atoms with Gasteiger partial charge in [0.1, 0.15) is 11.6 Å². The first-order chi connectivity index (χ1) is 16.5. The molecular weight excluding hydrogens is 430 g/mol. The molecule has 0 aliphatic carbocycles. The van der Waals surface area contributed by atoms with E-state index >= 15 is 0 Å². The summed E-state index contributed by atoms with van der Waals surface area (Å²) in [6, 6.07) is 20.8. The number of nitrogens with one attached hydrogen (secondary N) is 2. The third kappa shape index (κ3) is 5.20. The molecule has 174 valence electrons. The Balaban J connectivity index is 1.48. The molecule has 0 bridgehead atoms. The highest BCUT2D eigenvalue weighted by Gasteiger charge is 2.10. The smallest absolute Gasteiger partial charge is 0.228 e. The van der Waals surface area contributed by atoms with Gasteiger partial charge in [0, 0.05) is 16.8 Å². The van der Waals surface area contributed by atoms with Gasteiger partial charge in [-0.15, -0.1) is 0 Å². The number of pyridine rings is 1. The number of amides is 1. The zero-order valence-corrected chi connectivity index (χ0v) is 19.6. The highest BCUT2D eigenvalue weighted by Crippen LogP contribution is 2.29. The number of benzene rings is 3. The van der Waals surface area contributed by atoms with Crippen LogP contribution in [0.2, 0.25) is 0 Å². The molecule has 7 nitrogen and oxygen atoms in total. The molecule has 0 radical (unpaired) electrons. The van der Waals surface area contributed by atoms with Gasteiger partial charge in [-0.05, 0) is 78.7 Å². The lowest BCUT2D eigenvalue weighted by Crippen LogP contribution is -2.14. The highest BCUT2D eigenvalue weighted by molar-refractivity contribution is 5.95. The van der Waals surface area contributed by atoms with Crippen LogP contribution in [0.4, 0.5) is 17.2 Å². The number of aryl methyl sites for hydroxylation is 1. The third-order valence-electron chi connectivity index (χ3n) is 5.47. The number of rotatable bonds is 8. The number of aromatic nitrogens is 1. The second kappa shape index (κ2) is 10.1. The minimum absolute atomic E-state index is 0.116. The van der Waals surface area contributed by atoms with Crippen molar-refractivity contribution in [3.63, 3.8) is 0 Å². The van der Waals surface area contributed by atoms with Gasteiger partial charge in [0.05, 0.1) is 33.3 Å². The second-order valence-electron chi connectivity index (χ2n) is 7.82. The number of carbonyl (C=O) groups is 1. The maximum Gasteiger partial charge on any atom is 0.228 e. The summed E-state index contributed by atoms with van der Waals surface area (Å²) in [5, 5.41) is 7.28. The molecular formula is C27H27N3O4. The van der Waals surface area contributed by atoms with Crippen molar-refractivity contribution in [3.8, 4) is 17.2 Å². The first kappa shape index (κ1) is 22.9. The molecule has 0 saturated carbocycles. The van der Waals surface area contributed by atoms with Crippen molar-refractivity contribution in [2.24, 2.45) is 0 Å². The van der Waals surface area contributed by atoms with E-state index in [2.05, 4.69) is 10.6 Å². The number of hydrogen-bond acceptors (Lipinski definition) is 6. The fourth-order valence-corrected chi connectivity index (χ4v) is 3.74. The van der Waals surface area contributed by atoms with Crippen LogP contribution >= 0.6 is 0 Å². The number of carbonyl (C=O) groups excluding carboxylic acids is 1. The predicted octanol–water partition coefficient (Wildman–Crippen LogP) is 5.49. The Bertz CT molecular complexity index is 1320. The summed E-state index contributed by atoms with van der Waals surface area (Å²) in [6.45, 7) is 2.03. The van der Waals surface area contributed by atoms with Gasteiger partial charge in [-0.3, -0.25) is 4.79 Å². The van der Waals surface area contributed by atoms with E-state index in [1.54, 1.807) is 27.4 Å². The van der Waals surface area contributed by atoms with E-state index in [1.807, 2.05) is 67.6 Å². The quantitative estimate of drug-likeness (QED) is 0.364. The molecule has 1 amide bonds. The SMILES string of the molecule is COc1ccc(Nc2cc(C)c3cc(NC(=O)Cc4ccc(OC)c(OC)c4)ccc3n2)cc1. The Kier molecular flexibility index (Phi) is 6.82. The van der Waals surface area contributed by atoms with Gasteiger partial charge in [0.2, 0.25) is 5.91 Å². The van der Waals surface area contributed by atoms with Crippen LogP contribution < -0.4 is 24.8 Å². The molecule has 34 heavy (non-hydrogen) atoms. The normalized spacial score (nSPS) is 10.6. The Labute approximate surface area is 198 Å². The number of nitrogens with zero attached hydrogens (tertiary/aromatic N) is 1. The number of ether oxygens (including phenoxy) is 3. The van der Waals surface area contributed by atoms with E-state index in [9.17, 15) is 4.79 Å². The van der Waals surface area contributed by atoms with Crippen LogP contribution in [0.1, 0.15) is 11.1 Å².